The molecule has 1 aromatic rings. The molecular weight excluding hydrogens is 344 g/mol. The molecule has 0 bridgehead atoms. The van der Waals surface area contributed by atoms with Crippen LogP contribution >= 0.6 is 27.3 Å². The number of amides is 1. The van der Waals surface area contributed by atoms with Gasteiger partial charge in [0.05, 0.1) is 15.4 Å². The van der Waals surface area contributed by atoms with Crippen LogP contribution in [0.25, 0.3) is 0 Å². The Kier molecular flexibility index (Phi) is 5.00. The second kappa shape index (κ2) is 6.55. The molecule has 1 atom stereocenters. The summed E-state index contributed by atoms with van der Waals surface area (Å²) in [5.74, 6) is 0.259. The molecule has 0 spiro atoms. The zero-order chi connectivity index (χ0) is 14.7. The van der Waals surface area contributed by atoms with Crippen molar-refractivity contribution in [3.8, 4) is 0 Å². The molecule has 1 saturated heterocycles. The Morgan fingerprint density at radius 1 is 1.50 bits per heavy atom. The maximum Gasteiger partial charge on any atom is 0.254 e. The van der Waals surface area contributed by atoms with Crippen LogP contribution in [-0.4, -0.2) is 59.0 Å². The van der Waals surface area contributed by atoms with E-state index in [2.05, 4.69) is 26.0 Å². The summed E-state index contributed by atoms with van der Waals surface area (Å²) in [6.07, 6.45) is 0. The number of thiophene rings is 1. The van der Waals surface area contributed by atoms with Crippen LogP contribution in [0.2, 0.25) is 0 Å². The fraction of sp³-hybridized carbons (Fsp3) is 0.500. The molecule has 2 heterocycles. The number of hydrogen-bond donors (Lipinski definition) is 2. The van der Waals surface area contributed by atoms with Gasteiger partial charge in [-0.3, -0.25) is 9.69 Å². The van der Waals surface area contributed by atoms with E-state index in [4.69, 9.17) is 10.9 Å². The average Bonchev–Trinajstić information content (AvgIpc) is 2.91. The van der Waals surface area contributed by atoms with Gasteiger partial charge in [0, 0.05) is 31.6 Å². The molecule has 2 rings (SSSR count). The highest BCUT2D eigenvalue weighted by Crippen LogP contribution is 2.22. The monoisotopic (exact) mass is 360 g/mol. The van der Waals surface area contributed by atoms with Gasteiger partial charge in [0.2, 0.25) is 0 Å². The van der Waals surface area contributed by atoms with E-state index < -0.39 is 0 Å². The summed E-state index contributed by atoms with van der Waals surface area (Å²) < 4.78 is 0.958. The molecule has 3 N–H and O–H groups in total. The van der Waals surface area contributed by atoms with Gasteiger partial charge in [-0.25, -0.2) is 0 Å². The standard InChI is InChI=1S/C12H17BrN4O2S/c1-8(11(14)15-19)16-2-4-17(5-3-16)12(18)9-6-10(13)20-7-9/h6-8,19H,2-5H2,1H3,(H2,14,15). The van der Waals surface area contributed by atoms with E-state index >= 15 is 0 Å². The summed E-state index contributed by atoms with van der Waals surface area (Å²) in [7, 11) is 0. The van der Waals surface area contributed by atoms with Crippen LogP contribution in [0.15, 0.2) is 20.4 Å². The highest BCUT2D eigenvalue weighted by atomic mass is 79.9. The van der Waals surface area contributed by atoms with Gasteiger partial charge in [0.25, 0.3) is 5.91 Å². The molecule has 1 fully saturated rings. The molecule has 6 nitrogen and oxygen atoms in total. The quantitative estimate of drug-likeness (QED) is 0.369. The smallest absolute Gasteiger partial charge is 0.254 e. The Bertz CT molecular complexity index is 511. The van der Waals surface area contributed by atoms with Crippen LogP contribution in [0.1, 0.15) is 17.3 Å². The van der Waals surface area contributed by atoms with Crippen molar-refractivity contribution in [3.05, 3.63) is 20.8 Å². The molecule has 20 heavy (non-hydrogen) atoms. The largest absolute Gasteiger partial charge is 0.409 e. The molecule has 1 aliphatic rings. The van der Waals surface area contributed by atoms with Crippen molar-refractivity contribution in [1.29, 1.82) is 0 Å². The van der Waals surface area contributed by atoms with Gasteiger partial charge in [-0.1, -0.05) is 5.16 Å². The predicted molar refractivity (Wildman–Crippen MR) is 82.4 cm³/mol. The van der Waals surface area contributed by atoms with Gasteiger partial charge in [-0.15, -0.1) is 11.3 Å². The van der Waals surface area contributed by atoms with Gasteiger partial charge in [0.1, 0.15) is 0 Å². The van der Waals surface area contributed by atoms with Gasteiger partial charge in [0.15, 0.2) is 5.84 Å². The SMILES string of the molecule is CC(C(N)=NO)N1CCN(C(=O)c2csc(Br)c2)CC1. The summed E-state index contributed by atoms with van der Waals surface area (Å²) in [5.41, 5.74) is 6.33. The number of hydrogen-bond acceptors (Lipinski definition) is 5. The maximum atomic E-state index is 12.3. The minimum Gasteiger partial charge on any atom is -0.409 e. The molecule has 1 amide bonds. The van der Waals surface area contributed by atoms with Crippen molar-refractivity contribution in [2.24, 2.45) is 10.9 Å². The lowest BCUT2D eigenvalue weighted by Gasteiger charge is -2.37. The van der Waals surface area contributed by atoms with E-state index in [1.54, 1.807) is 0 Å². The predicted octanol–water partition coefficient (Wildman–Crippen LogP) is 1.40. The second-order valence-corrected chi connectivity index (χ2v) is 6.96. The molecule has 1 aromatic heterocycles. The molecule has 8 heteroatoms. The molecular formula is C12H17BrN4O2S. The Morgan fingerprint density at radius 2 is 2.15 bits per heavy atom. The number of nitrogens with two attached hydrogens (primary N) is 1. The molecule has 1 aliphatic heterocycles. The van der Waals surface area contributed by atoms with E-state index in [0.717, 1.165) is 9.35 Å². The van der Waals surface area contributed by atoms with Crippen LogP contribution in [0.5, 0.6) is 0 Å². The third-order valence-electron chi connectivity index (χ3n) is 3.51. The Balaban J connectivity index is 1.93. The van der Waals surface area contributed by atoms with Crippen molar-refractivity contribution in [1.82, 2.24) is 9.80 Å². The zero-order valence-electron chi connectivity index (χ0n) is 11.1. The molecule has 0 radical (unpaired) electrons. The van der Waals surface area contributed by atoms with Crippen molar-refractivity contribution in [3.63, 3.8) is 0 Å². The van der Waals surface area contributed by atoms with Crippen LogP contribution in [0.4, 0.5) is 0 Å². The van der Waals surface area contributed by atoms with E-state index in [0.29, 0.717) is 26.2 Å². The van der Waals surface area contributed by atoms with Crippen LogP contribution in [-0.2, 0) is 0 Å². The van der Waals surface area contributed by atoms with Crippen molar-refractivity contribution >= 4 is 39.0 Å². The summed E-state index contributed by atoms with van der Waals surface area (Å²) in [4.78, 5) is 16.2. The first-order valence-electron chi connectivity index (χ1n) is 6.27. The third-order valence-corrected chi connectivity index (χ3v) is 5.01. The highest BCUT2D eigenvalue weighted by Gasteiger charge is 2.26. The highest BCUT2D eigenvalue weighted by molar-refractivity contribution is 9.11. The first-order chi connectivity index (χ1) is 9.52. The Labute approximate surface area is 130 Å². The van der Waals surface area contributed by atoms with Crippen LogP contribution in [0, 0.1) is 0 Å². The summed E-state index contributed by atoms with van der Waals surface area (Å²) in [6, 6.07) is 1.73. The average molecular weight is 361 g/mol. The molecule has 0 saturated carbocycles. The summed E-state index contributed by atoms with van der Waals surface area (Å²) >= 11 is 4.87. The lowest BCUT2D eigenvalue weighted by molar-refractivity contribution is 0.0619. The lowest BCUT2D eigenvalue weighted by Crippen LogP contribution is -2.54. The first kappa shape index (κ1) is 15.3. The topological polar surface area (TPSA) is 82.2 Å². The number of oxime groups is 1. The van der Waals surface area contributed by atoms with Crippen LogP contribution in [0.3, 0.4) is 0 Å². The first-order valence-corrected chi connectivity index (χ1v) is 7.95. The van der Waals surface area contributed by atoms with Crippen molar-refractivity contribution in [2.45, 2.75) is 13.0 Å². The normalized spacial score (nSPS) is 19.1. The fourth-order valence-corrected chi connectivity index (χ4v) is 3.32. The van der Waals surface area contributed by atoms with Crippen molar-refractivity contribution in [2.75, 3.05) is 26.2 Å². The van der Waals surface area contributed by atoms with Gasteiger partial charge in [-0.2, -0.15) is 0 Å². The third kappa shape index (κ3) is 3.31. The number of halogens is 1. The molecule has 0 aliphatic carbocycles. The van der Waals surface area contributed by atoms with Crippen molar-refractivity contribution < 1.29 is 10.0 Å². The molecule has 0 aromatic carbocycles. The van der Waals surface area contributed by atoms with E-state index in [-0.39, 0.29) is 17.8 Å². The Hall–Kier alpha value is -1.12. The molecule has 1 unspecified atom stereocenters. The fourth-order valence-electron chi connectivity index (χ4n) is 2.19. The van der Waals surface area contributed by atoms with Crippen LogP contribution < -0.4 is 5.73 Å². The van der Waals surface area contributed by atoms with E-state index in [1.165, 1.54) is 11.3 Å². The number of amidine groups is 1. The maximum absolute atomic E-state index is 12.3. The number of nitrogens with zero attached hydrogens (tertiary/aromatic N) is 3. The van der Waals surface area contributed by atoms with E-state index in [9.17, 15) is 4.79 Å². The summed E-state index contributed by atoms with van der Waals surface area (Å²) in [5, 5.41) is 13.6. The van der Waals surface area contributed by atoms with Gasteiger partial charge in [-0.05, 0) is 28.9 Å². The minimum absolute atomic E-state index is 0.0584. The van der Waals surface area contributed by atoms with E-state index in [1.807, 2.05) is 23.3 Å². The minimum atomic E-state index is -0.118. The summed E-state index contributed by atoms with van der Waals surface area (Å²) in [6.45, 7) is 4.62. The molecule has 110 valence electrons. The van der Waals surface area contributed by atoms with Gasteiger partial charge >= 0.3 is 0 Å². The number of piperazine rings is 1. The zero-order valence-corrected chi connectivity index (χ0v) is 13.5. The lowest BCUT2D eigenvalue weighted by atomic mass is 10.2. The Morgan fingerprint density at radius 3 is 2.65 bits per heavy atom. The second-order valence-electron chi connectivity index (χ2n) is 4.67. The number of rotatable bonds is 3. The number of carbonyl (C=O) groups is 1. The number of carbonyl (C=O) groups excluding carboxylic acids is 1. The van der Waals surface area contributed by atoms with Gasteiger partial charge < -0.3 is 15.8 Å².